The summed E-state index contributed by atoms with van der Waals surface area (Å²) in [6.07, 6.45) is 0. The van der Waals surface area contributed by atoms with Crippen molar-refractivity contribution < 1.29 is 19.8 Å². The van der Waals surface area contributed by atoms with E-state index in [2.05, 4.69) is 0 Å². The quantitative estimate of drug-likeness (QED) is 0.861. The van der Waals surface area contributed by atoms with Gasteiger partial charge in [-0.1, -0.05) is 13.0 Å². The molecule has 6 nitrogen and oxygen atoms in total. The van der Waals surface area contributed by atoms with Crippen LogP contribution in [0.4, 0.5) is 10.5 Å². The fourth-order valence-electron chi connectivity index (χ4n) is 2.47. The number of carbonyl (C=O) groups excluding carboxylic acids is 1. The summed E-state index contributed by atoms with van der Waals surface area (Å²) in [5.74, 6) is -1.36. The summed E-state index contributed by atoms with van der Waals surface area (Å²) in [4.78, 5) is 26.4. The first-order valence-corrected chi connectivity index (χ1v) is 6.44. The monoisotopic (exact) mass is 278 g/mol. The van der Waals surface area contributed by atoms with E-state index in [1.54, 1.807) is 19.2 Å². The number of aromatic hydroxyl groups is 1. The molecule has 1 aromatic rings. The number of hydrogen-bond donors (Lipinski definition) is 2. The van der Waals surface area contributed by atoms with E-state index >= 15 is 0 Å². The summed E-state index contributed by atoms with van der Waals surface area (Å²) < 4.78 is 0. The van der Waals surface area contributed by atoms with Gasteiger partial charge in [-0.05, 0) is 18.1 Å². The molecule has 1 aromatic carbocycles. The van der Waals surface area contributed by atoms with Crippen molar-refractivity contribution in [2.24, 2.45) is 11.8 Å². The summed E-state index contributed by atoms with van der Waals surface area (Å²) in [7, 11) is 1.61. The lowest BCUT2D eigenvalue weighted by Crippen LogP contribution is -2.40. The molecule has 0 aromatic heterocycles. The fourth-order valence-corrected chi connectivity index (χ4v) is 2.47. The molecule has 1 heterocycles. The molecule has 0 spiro atoms. The highest BCUT2D eigenvalue weighted by Crippen LogP contribution is 2.26. The third kappa shape index (κ3) is 2.68. The van der Waals surface area contributed by atoms with Gasteiger partial charge in [0.15, 0.2) is 0 Å². The van der Waals surface area contributed by atoms with Crippen molar-refractivity contribution in [3.8, 4) is 5.75 Å². The molecule has 0 radical (unpaired) electrons. The van der Waals surface area contributed by atoms with Gasteiger partial charge in [0.2, 0.25) is 0 Å². The molecule has 0 aliphatic carbocycles. The number of likely N-dealkylation sites (tertiary alicyclic amines) is 1. The Morgan fingerprint density at radius 2 is 2.05 bits per heavy atom. The van der Waals surface area contributed by atoms with Crippen LogP contribution in [0.1, 0.15) is 6.92 Å². The van der Waals surface area contributed by atoms with Gasteiger partial charge in [0.1, 0.15) is 5.75 Å². The van der Waals surface area contributed by atoms with Gasteiger partial charge in [-0.3, -0.25) is 9.69 Å². The van der Waals surface area contributed by atoms with Crippen molar-refractivity contribution in [3.63, 3.8) is 0 Å². The Kier molecular flexibility index (Phi) is 3.83. The van der Waals surface area contributed by atoms with Gasteiger partial charge in [-0.15, -0.1) is 0 Å². The average Bonchev–Trinajstić information content (AvgIpc) is 2.79. The normalized spacial score (nSPS) is 21.8. The highest BCUT2D eigenvalue weighted by molar-refractivity contribution is 5.92. The molecule has 1 fully saturated rings. The number of urea groups is 1. The Labute approximate surface area is 117 Å². The van der Waals surface area contributed by atoms with Gasteiger partial charge in [-0.2, -0.15) is 0 Å². The van der Waals surface area contributed by atoms with Crippen LogP contribution in [-0.4, -0.2) is 47.3 Å². The smallest absolute Gasteiger partial charge is 0.324 e. The lowest BCUT2D eigenvalue weighted by molar-refractivity contribution is -0.142. The third-order valence-corrected chi connectivity index (χ3v) is 3.70. The third-order valence-electron chi connectivity index (χ3n) is 3.70. The molecule has 2 atom stereocenters. The number of aliphatic carboxylic acids is 1. The van der Waals surface area contributed by atoms with Gasteiger partial charge in [0.05, 0.1) is 5.92 Å². The number of phenolic OH excluding ortho intramolecular Hbond substituents is 1. The Hall–Kier alpha value is -2.24. The van der Waals surface area contributed by atoms with E-state index in [9.17, 15) is 14.7 Å². The fraction of sp³-hybridized carbons (Fsp3) is 0.429. The van der Waals surface area contributed by atoms with Gasteiger partial charge in [0, 0.05) is 31.9 Å². The Morgan fingerprint density at radius 1 is 1.35 bits per heavy atom. The molecule has 2 N–H and O–H groups in total. The standard InChI is InChI=1S/C14H18N2O4/c1-9-7-16(8-12(9)13(18)19)14(20)15(2)10-4-3-5-11(17)6-10/h3-6,9,12,17H,7-8H2,1-2H3,(H,18,19). The number of amides is 2. The molecule has 108 valence electrons. The van der Waals surface area contributed by atoms with E-state index in [0.717, 1.165) is 0 Å². The van der Waals surface area contributed by atoms with E-state index in [1.165, 1.54) is 21.9 Å². The predicted molar refractivity (Wildman–Crippen MR) is 73.8 cm³/mol. The number of carboxylic acid groups (broad SMARTS) is 1. The Balaban J connectivity index is 2.10. The highest BCUT2D eigenvalue weighted by atomic mass is 16.4. The number of anilines is 1. The van der Waals surface area contributed by atoms with E-state index in [-0.39, 0.29) is 24.2 Å². The van der Waals surface area contributed by atoms with Crippen LogP contribution in [0.3, 0.4) is 0 Å². The van der Waals surface area contributed by atoms with Crippen molar-refractivity contribution in [1.82, 2.24) is 4.90 Å². The van der Waals surface area contributed by atoms with Crippen molar-refractivity contribution in [2.75, 3.05) is 25.0 Å². The van der Waals surface area contributed by atoms with Crippen LogP contribution >= 0.6 is 0 Å². The van der Waals surface area contributed by atoms with Crippen LogP contribution in [0.5, 0.6) is 5.75 Å². The summed E-state index contributed by atoms with van der Waals surface area (Å²) in [6, 6.07) is 6.13. The molecular weight excluding hydrogens is 260 g/mol. The maximum absolute atomic E-state index is 12.3. The maximum atomic E-state index is 12.3. The van der Waals surface area contributed by atoms with Crippen molar-refractivity contribution in [3.05, 3.63) is 24.3 Å². The summed E-state index contributed by atoms with van der Waals surface area (Å²) in [5.41, 5.74) is 0.571. The Morgan fingerprint density at radius 3 is 2.60 bits per heavy atom. The second kappa shape index (κ2) is 5.40. The lowest BCUT2D eigenvalue weighted by atomic mass is 9.99. The number of phenols is 1. The molecular formula is C14H18N2O4. The van der Waals surface area contributed by atoms with Gasteiger partial charge in [-0.25, -0.2) is 4.79 Å². The number of carbonyl (C=O) groups is 2. The summed E-state index contributed by atoms with van der Waals surface area (Å²) in [5, 5.41) is 18.5. The molecule has 6 heteroatoms. The number of nitrogens with zero attached hydrogens (tertiary/aromatic N) is 2. The average molecular weight is 278 g/mol. The minimum absolute atomic E-state index is 0.0611. The van der Waals surface area contributed by atoms with Crippen LogP contribution < -0.4 is 4.90 Å². The second-order valence-corrected chi connectivity index (χ2v) is 5.19. The first kappa shape index (κ1) is 14.2. The molecule has 2 rings (SSSR count). The van der Waals surface area contributed by atoms with E-state index in [1.807, 2.05) is 6.92 Å². The van der Waals surface area contributed by atoms with Crippen LogP contribution in [-0.2, 0) is 4.79 Å². The highest BCUT2D eigenvalue weighted by Gasteiger charge is 2.38. The van der Waals surface area contributed by atoms with E-state index < -0.39 is 11.9 Å². The molecule has 2 amide bonds. The minimum Gasteiger partial charge on any atom is -0.508 e. The molecule has 0 bridgehead atoms. The van der Waals surface area contributed by atoms with Crippen molar-refractivity contribution in [2.45, 2.75) is 6.92 Å². The molecule has 0 saturated carbocycles. The van der Waals surface area contributed by atoms with Crippen LogP contribution in [0.15, 0.2) is 24.3 Å². The first-order valence-electron chi connectivity index (χ1n) is 6.44. The summed E-state index contributed by atoms with van der Waals surface area (Å²) in [6.45, 7) is 2.48. The number of carboxylic acids is 1. The van der Waals surface area contributed by atoms with Crippen molar-refractivity contribution in [1.29, 1.82) is 0 Å². The van der Waals surface area contributed by atoms with Crippen molar-refractivity contribution >= 4 is 17.7 Å². The number of benzene rings is 1. The number of rotatable bonds is 2. The molecule has 1 saturated heterocycles. The molecule has 2 unspecified atom stereocenters. The first-order chi connectivity index (χ1) is 9.40. The zero-order valence-electron chi connectivity index (χ0n) is 11.5. The van der Waals surface area contributed by atoms with Crippen LogP contribution in [0, 0.1) is 11.8 Å². The topological polar surface area (TPSA) is 81.1 Å². The van der Waals surface area contributed by atoms with E-state index in [0.29, 0.717) is 12.2 Å². The lowest BCUT2D eigenvalue weighted by Gasteiger charge is -2.24. The van der Waals surface area contributed by atoms with Gasteiger partial charge < -0.3 is 15.1 Å². The minimum atomic E-state index is -0.868. The summed E-state index contributed by atoms with van der Waals surface area (Å²) >= 11 is 0. The van der Waals surface area contributed by atoms with Gasteiger partial charge >= 0.3 is 12.0 Å². The molecule has 1 aliphatic rings. The molecule has 20 heavy (non-hydrogen) atoms. The zero-order chi connectivity index (χ0) is 14.9. The molecule has 1 aliphatic heterocycles. The zero-order valence-corrected chi connectivity index (χ0v) is 11.5. The second-order valence-electron chi connectivity index (χ2n) is 5.19. The Bertz CT molecular complexity index is 532. The van der Waals surface area contributed by atoms with Crippen LogP contribution in [0.25, 0.3) is 0 Å². The predicted octanol–water partition coefficient (Wildman–Crippen LogP) is 1.60. The largest absolute Gasteiger partial charge is 0.508 e. The SMILES string of the molecule is CC1CN(C(=O)N(C)c2cccc(O)c2)CC1C(=O)O. The maximum Gasteiger partial charge on any atom is 0.324 e. The van der Waals surface area contributed by atoms with Gasteiger partial charge in [0.25, 0.3) is 0 Å². The van der Waals surface area contributed by atoms with Crippen LogP contribution in [0.2, 0.25) is 0 Å². The van der Waals surface area contributed by atoms with E-state index in [4.69, 9.17) is 5.11 Å². The number of hydrogen-bond acceptors (Lipinski definition) is 3.